The van der Waals surface area contributed by atoms with E-state index in [9.17, 15) is 19.8 Å². The molecule has 0 amide bonds. The Morgan fingerprint density at radius 3 is 2.50 bits per heavy atom. The highest BCUT2D eigenvalue weighted by Crippen LogP contribution is 2.59. The van der Waals surface area contributed by atoms with Gasteiger partial charge in [0.2, 0.25) is 0 Å². The summed E-state index contributed by atoms with van der Waals surface area (Å²) < 4.78 is 23.3. The van der Waals surface area contributed by atoms with Crippen molar-refractivity contribution >= 4 is 24.8 Å². The summed E-state index contributed by atoms with van der Waals surface area (Å²) in [4.78, 5) is 18.9. The molecular weight excluding hydrogens is 435 g/mol. The van der Waals surface area contributed by atoms with Gasteiger partial charge in [-0.3, -0.25) is 14.7 Å². The molecule has 1 aromatic heterocycles. The van der Waals surface area contributed by atoms with E-state index in [0.29, 0.717) is 28.3 Å². The lowest BCUT2D eigenvalue weighted by molar-refractivity contribution is -0.384. The van der Waals surface area contributed by atoms with Gasteiger partial charge in [0.1, 0.15) is 12.1 Å². The summed E-state index contributed by atoms with van der Waals surface area (Å²) in [6.45, 7) is 3.61. The van der Waals surface area contributed by atoms with Crippen LogP contribution in [0.15, 0.2) is 60.9 Å². The Morgan fingerprint density at radius 1 is 1.09 bits per heavy atom. The third-order valence-electron chi connectivity index (χ3n) is 4.39. The molecule has 0 bridgehead atoms. The normalized spacial score (nSPS) is 12.3. The molecule has 3 rings (SSSR count). The summed E-state index contributed by atoms with van der Waals surface area (Å²) in [5.74, 6) is -1.01. The monoisotopic (exact) mass is 458 g/mol. The van der Waals surface area contributed by atoms with Crippen molar-refractivity contribution in [1.82, 2.24) is 9.97 Å². The first-order chi connectivity index (χ1) is 15.4. The predicted octanol–water partition coefficient (Wildman–Crippen LogP) is 5.05. The van der Waals surface area contributed by atoms with Gasteiger partial charge < -0.3 is 19.5 Å². The number of hydrogen-bond acceptors (Lipinski definition) is 9. The number of aliphatic hydroxyl groups is 1. The Balaban J connectivity index is 1.85. The van der Waals surface area contributed by atoms with Gasteiger partial charge in [0.05, 0.1) is 23.8 Å². The number of hydrogen-bond donors (Lipinski definition) is 2. The minimum atomic E-state index is -3.75. The zero-order valence-corrected chi connectivity index (χ0v) is 18.4. The summed E-state index contributed by atoms with van der Waals surface area (Å²) in [7, 11) is -3.75. The van der Waals surface area contributed by atoms with Crippen molar-refractivity contribution in [3.8, 4) is 11.3 Å². The summed E-state index contributed by atoms with van der Waals surface area (Å²) in [5.41, 5.74) is 1.96. The van der Waals surface area contributed by atoms with Crippen LogP contribution in [0.3, 0.4) is 0 Å². The largest absolute Gasteiger partial charge is 0.376 e. The second-order valence-corrected chi connectivity index (χ2v) is 8.68. The van der Waals surface area contributed by atoms with Gasteiger partial charge in [0, 0.05) is 29.4 Å². The van der Waals surface area contributed by atoms with Crippen LogP contribution < -0.4 is 5.32 Å². The fourth-order valence-electron chi connectivity index (χ4n) is 3.01. The van der Waals surface area contributed by atoms with Gasteiger partial charge in [-0.15, -0.1) is 0 Å². The Bertz CT molecular complexity index is 1130. The van der Waals surface area contributed by atoms with Gasteiger partial charge in [0.25, 0.3) is 5.69 Å². The maximum absolute atomic E-state index is 12.9. The second kappa shape index (κ2) is 10.4. The summed E-state index contributed by atoms with van der Waals surface area (Å²) >= 11 is 0. The maximum Gasteiger partial charge on any atom is 0.363 e. The molecule has 0 fully saturated rings. The van der Waals surface area contributed by atoms with Crippen LogP contribution in [-0.4, -0.2) is 33.2 Å². The van der Waals surface area contributed by atoms with Crippen LogP contribution in [0.25, 0.3) is 11.3 Å². The number of nitrogens with one attached hydrogen (secondary N) is 1. The first-order valence-electron chi connectivity index (χ1n) is 9.87. The quantitative estimate of drug-likeness (QED) is 0.243. The predicted molar refractivity (Wildman–Crippen MR) is 120 cm³/mol. The molecule has 0 radical (unpaired) electrons. The molecular formula is C21H23N4O6P. The first kappa shape index (κ1) is 23.5. The topological polar surface area (TPSA) is 137 Å². The number of nitrogens with zero attached hydrogens (tertiary/aromatic N) is 3. The number of aliphatic hydroxyl groups excluding tert-OH is 1. The third kappa shape index (κ3) is 5.54. The lowest BCUT2D eigenvalue weighted by Gasteiger charge is -2.22. The van der Waals surface area contributed by atoms with Crippen molar-refractivity contribution in [2.75, 3.05) is 18.5 Å². The van der Waals surface area contributed by atoms with Crippen LogP contribution in [0, 0.1) is 10.1 Å². The zero-order chi connectivity index (χ0) is 23.1. The third-order valence-corrected chi connectivity index (χ3v) is 6.53. The number of nitro groups is 1. The van der Waals surface area contributed by atoms with Gasteiger partial charge in [-0.2, -0.15) is 0 Å². The minimum absolute atomic E-state index is 0.0367. The Kier molecular flexibility index (Phi) is 7.66. The van der Waals surface area contributed by atoms with Crippen LogP contribution in [-0.2, 0) is 13.6 Å². The van der Waals surface area contributed by atoms with Crippen LogP contribution >= 0.6 is 7.60 Å². The number of rotatable bonds is 10. The smallest absolute Gasteiger partial charge is 0.363 e. The van der Waals surface area contributed by atoms with Gasteiger partial charge in [-0.05, 0) is 31.5 Å². The second-order valence-electron chi connectivity index (χ2n) is 6.60. The van der Waals surface area contributed by atoms with Crippen molar-refractivity contribution < 1.29 is 23.6 Å². The van der Waals surface area contributed by atoms with Gasteiger partial charge in [-0.1, -0.05) is 24.3 Å². The fraction of sp³-hybridized carbons (Fsp3) is 0.238. The number of aromatic nitrogens is 2. The van der Waals surface area contributed by atoms with E-state index in [1.54, 1.807) is 56.3 Å². The molecule has 11 heteroatoms. The molecule has 2 N–H and O–H groups in total. The number of non-ortho nitro benzene ring substituents is 1. The molecule has 32 heavy (non-hydrogen) atoms. The molecule has 1 atom stereocenters. The number of benzene rings is 2. The molecule has 1 unspecified atom stereocenters. The van der Waals surface area contributed by atoms with Crippen molar-refractivity contribution in [2.24, 2.45) is 0 Å². The lowest BCUT2D eigenvalue weighted by Crippen LogP contribution is -2.06. The minimum Gasteiger partial charge on any atom is -0.376 e. The average molecular weight is 458 g/mol. The number of nitro benzene ring substituents is 1. The van der Waals surface area contributed by atoms with E-state index in [1.165, 1.54) is 18.5 Å². The van der Waals surface area contributed by atoms with Gasteiger partial charge in [0.15, 0.2) is 5.85 Å². The van der Waals surface area contributed by atoms with E-state index in [-0.39, 0.29) is 18.9 Å². The Hall–Kier alpha value is -3.17. The standard InChI is InChI=1S/C21H23N4O6P/c1-3-30-32(29,31-4-2)21(26)16-8-5-9-17(11-16)24-20-13-19(22-14-23-20)15-7-6-10-18(12-15)25(27)28/h5-14,21,26H,3-4H2,1-2H3,(H,22,23,24). The SMILES string of the molecule is CCOP(=O)(OCC)C(O)c1cccc(Nc2cc(-c3cccc([N+](=O)[O-])c3)ncn2)c1. The maximum atomic E-state index is 12.9. The molecule has 3 aromatic rings. The zero-order valence-electron chi connectivity index (χ0n) is 17.5. The molecule has 0 aliphatic rings. The summed E-state index contributed by atoms with van der Waals surface area (Å²) in [5, 5.41) is 24.8. The molecule has 0 saturated heterocycles. The van der Waals surface area contributed by atoms with E-state index < -0.39 is 18.4 Å². The Morgan fingerprint density at radius 2 is 1.81 bits per heavy atom. The molecule has 0 aliphatic heterocycles. The summed E-state index contributed by atoms with van der Waals surface area (Å²) in [6.07, 6.45) is 1.34. The first-order valence-corrected chi connectivity index (χ1v) is 11.5. The molecule has 0 saturated carbocycles. The van der Waals surface area contributed by atoms with Gasteiger partial charge >= 0.3 is 7.60 Å². The summed E-state index contributed by atoms with van der Waals surface area (Å²) in [6, 6.07) is 14.5. The molecule has 168 valence electrons. The van der Waals surface area contributed by atoms with E-state index >= 15 is 0 Å². The van der Waals surface area contributed by atoms with Gasteiger partial charge in [-0.25, -0.2) is 9.97 Å². The highest BCUT2D eigenvalue weighted by atomic mass is 31.2. The van der Waals surface area contributed by atoms with Crippen LogP contribution in [0.2, 0.25) is 0 Å². The fourth-order valence-corrected chi connectivity index (χ4v) is 4.61. The van der Waals surface area contributed by atoms with Crippen molar-refractivity contribution in [3.63, 3.8) is 0 Å². The lowest BCUT2D eigenvalue weighted by atomic mass is 10.1. The highest BCUT2D eigenvalue weighted by molar-refractivity contribution is 7.54. The van der Waals surface area contributed by atoms with Crippen molar-refractivity contribution in [2.45, 2.75) is 19.7 Å². The van der Waals surface area contributed by atoms with Crippen LogP contribution in [0.4, 0.5) is 17.2 Å². The molecule has 1 heterocycles. The number of anilines is 2. The molecule has 0 spiro atoms. The van der Waals surface area contributed by atoms with Crippen LogP contribution in [0.1, 0.15) is 25.3 Å². The van der Waals surface area contributed by atoms with Crippen molar-refractivity contribution in [3.05, 3.63) is 76.6 Å². The van der Waals surface area contributed by atoms with E-state index in [4.69, 9.17) is 9.05 Å². The van der Waals surface area contributed by atoms with E-state index in [1.807, 2.05) is 0 Å². The Labute approximate surface area is 184 Å². The molecule has 2 aromatic carbocycles. The molecule has 10 nitrogen and oxygen atoms in total. The van der Waals surface area contributed by atoms with E-state index in [0.717, 1.165) is 0 Å². The van der Waals surface area contributed by atoms with E-state index in [2.05, 4.69) is 15.3 Å². The van der Waals surface area contributed by atoms with Crippen LogP contribution in [0.5, 0.6) is 0 Å². The highest BCUT2D eigenvalue weighted by Gasteiger charge is 2.35. The molecule has 0 aliphatic carbocycles. The van der Waals surface area contributed by atoms with Crippen molar-refractivity contribution in [1.29, 1.82) is 0 Å². The average Bonchev–Trinajstić information content (AvgIpc) is 2.79.